The Balaban J connectivity index is 2.42. The van der Waals surface area contributed by atoms with Crippen LogP contribution < -0.4 is 10.1 Å². The number of carbonyl (C=O) groups is 1. The third-order valence-corrected chi connectivity index (χ3v) is 3.52. The van der Waals surface area contributed by atoms with Crippen LogP contribution in [0, 0.1) is 0 Å². The number of phenolic OH excluding ortho intramolecular Hbond substituents is 1. The highest BCUT2D eigenvalue weighted by atomic mass is 16.5. The smallest absolute Gasteiger partial charge is 0.337 e. The summed E-state index contributed by atoms with van der Waals surface area (Å²) >= 11 is 0. The fourth-order valence-corrected chi connectivity index (χ4v) is 2.46. The highest BCUT2D eigenvalue weighted by Gasteiger charge is 2.23. The summed E-state index contributed by atoms with van der Waals surface area (Å²) in [6, 6.07) is 3.21. The minimum atomic E-state index is -0.423. The van der Waals surface area contributed by atoms with Crippen LogP contribution in [0.25, 0.3) is 0 Å². The SMILES string of the molecule is COC(=O)c1cc(OC)c(O)c(C2CCNCC2)c1. The maximum atomic E-state index is 11.7. The summed E-state index contributed by atoms with van der Waals surface area (Å²) in [6.45, 7) is 1.82. The quantitative estimate of drug-likeness (QED) is 0.813. The lowest BCUT2D eigenvalue weighted by molar-refractivity contribution is 0.0600. The molecule has 5 heteroatoms. The minimum Gasteiger partial charge on any atom is -0.504 e. The van der Waals surface area contributed by atoms with Crippen LogP contribution in [-0.4, -0.2) is 38.4 Å². The van der Waals surface area contributed by atoms with Crippen molar-refractivity contribution in [3.05, 3.63) is 23.3 Å². The number of piperidine rings is 1. The lowest BCUT2D eigenvalue weighted by atomic mass is 9.88. The number of hydrogen-bond acceptors (Lipinski definition) is 5. The monoisotopic (exact) mass is 265 g/mol. The Bertz CT molecular complexity index is 467. The van der Waals surface area contributed by atoms with Gasteiger partial charge in [0.2, 0.25) is 0 Å². The number of nitrogens with one attached hydrogen (secondary N) is 1. The zero-order chi connectivity index (χ0) is 13.8. The number of rotatable bonds is 3. The van der Waals surface area contributed by atoms with Gasteiger partial charge in [0, 0.05) is 5.56 Å². The van der Waals surface area contributed by atoms with Crippen molar-refractivity contribution in [2.24, 2.45) is 0 Å². The van der Waals surface area contributed by atoms with Gasteiger partial charge in [-0.2, -0.15) is 0 Å². The first-order valence-corrected chi connectivity index (χ1v) is 6.37. The van der Waals surface area contributed by atoms with Crippen molar-refractivity contribution in [2.75, 3.05) is 27.3 Å². The van der Waals surface area contributed by atoms with Crippen LogP contribution in [0.4, 0.5) is 0 Å². The first-order chi connectivity index (χ1) is 9.17. The number of methoxy groups -OCH3 is 2. The van der Waals surface area contributed by atoms with Crippen LogP contribution in [0.2, 0.25) is 0 Å². The molecule has 0 atom stereocenters. The third-order valence-electron chi connectivity index (χ3n) is 3.52. The molecule has 1 aliphatic heterocycles. The van der Waals surface area contributed by atoms with E-state index in [0.29, 0.717) is 11.3 Å². The van der Waals surface area contributed by atoms with Crippen molar-refractivity contribution >= 4 is 5.97 Å². The summed E-state index contributed by atoms with van der Waals surface area (Å²) in [7, 11) is 2.81. The Morgan fingerprint density at radius 3 is 2.58 bits per heavy atom. The first-order valence-electron chi connectivity index (χ1n) is 6.37. The average molecular weight is 265 g/mol. The van der Waals surface area contributed by atoms with Crippen LogP contribution in [0.3, 0.4) is 0 Å². The molecule has 1 aliphatic rings. The molecule has 5 nitrogen and oxygen atoms in total. The normalized spacial score (nSPS) is 16.1. The van der Waals surface area contributed by atoms with E-state index in [1.54, 1.807) is 6.07 Å². The summed E-state index contributed by atoms with van der Waals surface area (Å²) in [6.07, 6.45) is 1.86. The topological polar surface area (TPSA) is 67.8 Å². The van der Waals surface area contributed by atoms with Crippen LogP contribution >= 0.6 is 0 Å². The maximum Gasteiger partial charge on any atom is 0.337 e. The zero-order valence-electron chi connectivity index (χ0n) is 11.2. The molecule has 0 radical (unpaired) electrons. The fraction of sp³-hybridized carbons (Fsp3) is 0.500. The molecule has 0 unspecified atom stereocenters. The molecule has 2 rings (SSSR count). The van der Waals surface area contributed by atoms with E-state index >= 15 is 0 Å². The highest BCUT2D eigenvalue weighted by molar-refractivity contribution is 5.90. The van der Waals surface area contributed by atoms with Gasteiger partial charge in [0.05, 0.1) is 19.8 Å². The van der Waals surface area contributed by atoms with Crippen molar-refractivity contribution in [1.82, 2.24) is 5.32 Å². The molecule has 19 heavy (non-hydrogen) atoms. The van der Waals surface area contributed by atoms with E-state index in [4.69, 9.17) is 9.47 Å². The summed E-state index contributed by atoms with van der Waals surface area (Å²) in [5, 5.41) is 13.5. The summed E-state index contributed by atoms with van der Waals surface area (Å²) in [5.74, 6) is 0.256. The number of esters is 1. The molecule has 0 saturated carbocycles. The molecular weight excluding hydrogens is 246 g/mol. The molecule has 0 aliphatic carbocycles. The second kappa shape index (κ2) is 5.93. The van der Waals surface area contributed by atoms with E-state index in [-0.39, 0.29) is 11.7 Å². The molecule has 1 saturated heterocycles. The van der Waals surface area contributed by atoms with Gasteiger partial charge in [-0.25, -0.2) is 4.79 Å². The van der Waals surface area contributed by atoms with Gasteiger partial charge in [0.1, 0.15) is 0 Å². The van der Waals surface area contributed by atoms with Gasteiger partial charge in [0.25, 0.3) is 0 Å². The van der Waals surface area contributed by atoms with Crippen molar-refractivity contribution < 1.29 is 19.4 Å². The van der Waals surface area contributed by atoms with Crippen LogP contribution in [0.15, 0.2) is 12.1 Å². The van der Waals surface area contributed by atoms with Crippen LogP contribution in [0.1, 0.15) is 34.7 Å². The molecule has 1 heterocycles. The molecular formula is C14H19NO4. The number of benzene rings is 1. The Hall–Kier alpha value is -1.75. The molecule has 1 aromatic carbocycles. The van der Waals surface area contributed by atoms with Gasteiger partial charge < -0.3 is 19.9 Å². The van der Waals surface area contributed by atoms with Gasteiger partial charge >= 0.3 is 5.97 Å². The second-order valence-corrected chi connectivity index (χ2v) is 4.63. The van der Waals surface area contributed by atoms with E-state index in [2.05, 4.69) is 5.32 Å². The highest BCUT2D eigenvalue weighted by Crippen LogP contribution is 2.39. The van der Waals surface area contributed by atoms with E-state index in [1.165, 1.54) is 20.3 Å². The molecule has 0 spiro atoms. The van der Waals surface area contributed by atoms with Crippen molar-refractivity contribution in [3.8, 4) is 11.5 Å². The number of carbonyl (C=O) groups excluding carboxylic acids is 1. The Labute approximate surface area is 112 Å². The summed E-state index contributed by atoms with van der Waals surface area (Å²) < 4.78 is 9.87. The minimum absolute atomic E-state index is 0.127. The lowest BCUT2D eigenvalue weighted by Gasteiger charge is -2.24. The predicted molar refractivity (Wildman–Crippen MR) is 70.8 cm³/mol. The van der Waals surface area contributed by atoms with E-state index < -0.39 is 5.97 Å². The third kappa shape index (κ3) is 2.81. The largest absolute Gasteiger partial charge is 0.504 e. The molecule has 2 N–H and O–H groups in total. The standard InChI is InChI=1S/C14H19NO4/c1-18-12-8-10(14(17)19-2)7-11(13(12)16)9-3-5-15-6-4-9/h7-9,15-16H,3-6H2,1-2H3. The molecule has 1 fully saturated rings. The molecule has 0 amide bonds. The lowest BCUT2D eigenvalue weighted by Crippen LogP contribution is -2.26. The molecule has 1 aromatic rings. The molecule has 0 aromatic heterocycles. The Kier molecular flexibility index (Phi) is 4.27. The van der Waals surface area contributed by atoms with E-state index in [0.717, 1.165) is 31.5 Å². The summed E-state index contributed by atoms with van der Waals surface area (Å²) in [4.78, 5) is 11.7. The molecule has 104 valence electrons. The number of ether oxygens (including phenoxy) is 2. The van der Waals surface area contributed by atoms with Crippen LogP contribution in [-0.2, 0) is 4.74 Å². The van der Waals surface area contributed by atoms with Gasteiger partial charge in [-0.15, -0.1) is 0 Å². The van der Waals surface area contributed by atoms with Gasteiger partial charge in [-0.05, 0) is 44.0 Å². The maximum absolute atomic E-state index is 11.7. The summed E-state index contributed by atoms with van der Waals surface area (Å²) in [5.41, 5.74) is 1.17. The Morgan fingerprint density at radius 2 is 2.00 bits per heavy atom. The van der Waals surface area contributed by atoms with Gasteiger partial charge in [-0.1, -0.05) is 0 Å². The molecule has 0 bridgehead atoms. The van der Waals surface area contributed by atoms with Gasteiger partial charge in [-0.3, -0.25) is 0 Å². The number of hydrogen-bond donors (Lipinski definition) is 2. The zero-order valence-corrected chi connectivity index (χ0v) is 11.2. The number of aromatic hydroxyl groups is 1. The Morgan fingerprint density at radius 1 is 1.32 bits per heavy atom. The first kappa shape index (κ1) is 13.7. The van der Waals surface area contributed by atoms with Gasteiger partial charge in [0.15, 0.2) is 11.5 Å². The number of phenols is 1. The van der Waals surface area contributed by atoms with Crippen LogP contribution in [0.5, 0.6) is 11.5 Å². The van der Waals surface area contributed by atoms with Crippen molar-refractivity contribution in [3.63, 3.8) is 0 Å². The van der Waals surface area contributed by atoms with E-state index in [9.17, 15) is 9.90 Å². The average Bonchev–Trinajstić information content (AvgIpc) is 2.47. The fourth-order valence-electron chi connectivity index (χ4n) is 2.46. The second-order valence-electron chi connectivity index (χ2n) is 4.63. The van der Waals surface area contributed by atoms with Crippen molar-refractivity contribution in [2.45, 2.75) is 18.8 Å². The van der Waals surface area contributed by atoms with Crippen molar-refractivity contribution in [1.29, 1.82) is 0 Å². The van der Waals surface area contributed by atoms with E-state index in [1.807, 2.05) is 0 Å². The predicted octanol–water partition coefficient (Wildman–Crippen LogP) is 1.65.